The Morgan fingerprint density at radius 1 is 1.19 bits per heavy atom. The van der Waals surface area contributed by atoms with Crippen molar-refractivity contribution >= 4 is 5.91 Å². The average Bonchev–Trinajstić information content (AvgIpc) is 2.54. The van der Waals surface area contributed by atoms with E-state index in [2.05, 4.69) is 5.32 Å². The highest BCUT2D eigenvalue weighted by Gasteiger charge is 2.13. The van der Waals surface area contributed by atoms with Crippen molar-refractivity contribution in [2.24, 2.45) is 5.73 Å². The first-order valence-corrected chi connectivity index (χ1v) is 6.88. The standard InChI is InChI=1S/C17H20N2O2/c1-12(13-7-9-15(21-2)10-8-13)19-17(20)16-6-4-3-5-14(16)11-18/h3-10,12H,11,18H2,1-2H3,(H,19,20). The van der Waals surface area contributed by atoms with Gasteiger partial charge in [-0.05, 0) is 36.2 Å². The van der Waals surface area contributed by atoms with Crippen LogP contribution in [-0.4, -0.2) is 13.0 Å². The van der Waals surface area contributed by atoms with E-state index in [0.29, 0.717) is 12.1 Å². The summed E-state index contributed by atoms with van der Waals surface area (Å²) >= 11 is 0. The van der Waals surface area contributed by atoms with E-state index in [-0.39, 0.29) is 11.9 Å². The van der Waals surface area contributed by atoms with Gasteiger partial charge in [-0.3, -0.25) is 4.79 Å². The molecule has 0 spiro atoms. The fraction of sp³-hybridized carbons (Fsp3) is 0.235. The van der Waals surface area contributed by atoms with Gasteiger partial charge in [0.15, 0.2) is 0 Å². The van der Waals surface area contributed by atoms with Gasteiger partial charge < -0.3 is 15.8 Å². The molecule has 0 saturated heterocycles. The minimum absolute atomic E-state index is 0.0887. The van der Waals surface area contributed by atoms with Gasteiger partial charge in [0.05, 0.1) is 13.2 Å². The normalized spacial score (nSPS) is 11.8. The second kappa shape index (κ2) is 6.90. The molecule has 0 saturated carbocycles. The summed E-state index contributed by atoms with van der Waals surface area (Å²) in [5.41, 5.74) is 8.16. The molecule has 0 aliphatic carbocycles. The van der Waals surface area contributed by atoms with Gasteiger partial charge in [0.2, 0.25) is 0 Å². The summed E-state index contributed by atoms with van der Waals surface area (Å²) < 4.78 is 5.13. The zero-order valence-electron chi connectivity index (χ0n) is 12.3. The summed E-state index contributed by atoms with van der Waals surface area (Å²) in [5.74, 6) is 0.685. The number of benzene rings is 2. The molecule has 0 radical (unpaired) electrons. The summed E-state index contributed by atoms with van der Waals surface area (Å²) in [6.07, 6.45) is 0. The lowest BCUT2D eigenvalue weighted by Gasteiger charge is -2.16. The Morgan fingerprint density at radius 3 is 2.48 bits per heavy atom. The molecule has 4 nitrogen and oxygen atoms in total. The van der Waals surface area contributed by atoms with Gasteiger partial charge in [-0.25, -0.2) is 0 Å². The molecule has 0 fully saturated rings. The summed E-state index contributed by atoms with van der Waals surface area (Å²) in [6.45, 7) is 2.30. The van der Waals surface area contributed by atoms with Crippen molar-refractivity contribution in [3.63, 3.8) is 0 Å². The Hall–Kier alpha value is -2.33. The Bertz CT molecular complexity index is 608. The molecule has 2 aromatic rings. The van der Waals surface area contributed by atoms with Crippen molar-refractivity contribution < 1.29 is 9.53 Å². The van der Waals surface area contributed by atoms with Crippen LogP contribution in [0.2, 0.25) is 0 Å². The van der Waals surface area contributed by atoms with Crippen LogP contribution in [0.25, 0.3) is 0 Å². The fourth-order valence-electron chi connectivity index (χ4n) is 2.17. The van der Waals surface area contributed by atoms with Crippen LogP contribution >= 0.6 is 0 Å². The molecule has 0 aromatic heterocycles. The van der Waals surface area contributed by atoms with Crippen molar-refractivity contribution in [3.05, 3.63) is 65.2 Å². The molecular weight excluding hydrogens is 264 g/mol. The van der Waals surface area contributed by atoms with E-state index in [1.807, 2.05) is 49.4 Å². The maximum Gasteiger partial charge on any atom is 0.252 e. The van der Waals surface area contributed by atoms with Crippen molar-refractivity contribution in [2.75, 3.05) is 7.11 Å². The van der Waals surface area contributed by atoms with Crippen molar-refractivity contribution in [1.82, 2.24) is 5.32 Å². The number of nitrogens with two attached hydrogens (primary N) is 1. The number of ether oxygens (including phenoxy) is 1. The smallest absolute Gasteiger partial charge is 0.252 e. The first-order chi connectivity index (χ1) is 10.2. The van der Waals surface area contributed by atoms with E-state index in [9.17, 15) is 4.79 Å². The molecule has 0 bridgehead atoms. The van der Waals surface area contributed by atoms with Crippen LogP contribution in [0.15, 0.2) is 48.5 Å². The highest BCUT2D eigenvalue weighted by atomic mass is 16.5. The second-order valence-corrected chi connectivity index (χ2v) is 4.83. The highest BCUT2D eigenvalue weighted by molar-refractivity contribution is 5.95. The van der Waals surface area contributed by atoms with Gasteiger partial charge >= 0.3 is 0 Å². The lowest BCUT2D eigenvalue weighted by atomic mass is 10.0. The van der Waals surface area contributed by atoms with Gasteiger partial charge in [-0.2, -0.15) is 0 Å². The van der Waals surface area contributed by atoms with Gasteiger partial charge in [0.1, 0.15) is 5.75 Å². The zero-order valence-corrected chi connectivity index (χ0v) is 12.3. The highest BCUT2D eigenvalue weighted by Crippen LogP contribution is 2.18. The number of nitrogens with one attached hydrogen (secondary N) is 1. The Labute approximate surface area is 124 Å². The van der Waals surface area contributed by atoms with Gasteiger partial charge in [-0.1, -0.05) is 30.3 Å². The number of hydrogen-bond acceptors (Lipinski definition) is 3. The van der Waals surface area contributed by atoms with E-state index in [0.717, 1.165) is 16.9 Å². The molecule has 0 aliphatic rings. The summed E-state index contributed by atoms with van der Waals surface area (Å²) in [6, 6.07) is 14.9. The third-order valence-electron chi connectivity index (χ3n) is 3.45. The number of carbonyl (C=O) groups excluding carboxylic acids is 1. The predicted molar refractivity (Wildman–Crippen MR) is 83.2 cm³/mol. The molecule has 21 heavy (non-hydrogen) atoms. The second-order valence-electron chi connectivity index (χ2n) is 4.83. The van der Waals surface area contributed by atoms with E-state index >= 15 is 0 Å². The number of amides is 1. The molecule has 4 heteroatoms. The van der Waals surface area contributed by atoms with Crippen LogP contribution in [0.4, 0.5) is 0 Å². The largest absolute Gasteiger partial charge is 0.497 e. The summed E-state index contributed by atoms with van der Waals surface area (Å²) in [4.78, 5) is 12.3. The van der Waals surface area contributed by atoms with E-state index in [1.54, 1.807) is 13.2 Å². The van der Waals surface area contributed by atoms with E-state index < -0.39 is 0 Å². The zero-order chi connectivity index (χ0) is 15.2. The lowest BCUT2D eigenvalue weighted by Crippen LogP contribution is -2.27. The van der Waals surface area contributed by atoms with Crippen molar-refractivity contribution in [2.45, 2.75) is 19.5 Å². The molecule has 3 N–H and O–H groups in total. The Kier molecular flexibility index (Phi) is 4.95. The monoisotopic (exact) mass is 284 g/mol. The fourth-order valence-corrected chi connectivity index (χ4v) is 2.17. The average molecular weight is 284 g/mol. The maximum atomic E-state index is 12.3. The summed E-state index contributed by atoms with van der Waals surface area (Å²) in [5, 5.41) is 2.99. The first kappa shape index (κ1) is 15.1. The molecule has 110 valence electrons. The molecule has 2 aromatic carbocycles. The third kappa shape index (κ3) is 3.61. The Morgan fingerprint density at radius 2 is 1.86 bits per heavy atom. The van der Waals surface area contributed by atoms with Crippen LogP contribution in [0, 0.1) is 0 Å². The van der Waals surface area contributed by atoms with Crippen LogP contribution in [0.5, 0.6) is 5.75 Å². The van der Waals surface area contributed by atoms with Crippen LogP contribution in [-0.2, 0) is 6.54 Å². The molecule has 2 rings (SSSR count). The molecular formula is C17H20N2O2. The minimum Gasteiger partial charge on any atom is -0.497 e. The Balaban J connectivity index is 2.11. The van der Waals surface area contributed by atoms with E-state index in [4.69, 9.17) is 10.5 Å². The van der Waals surface area contributed by atoms with Gasteiger partial charge in [0.25, 0.3) is 5.91 Å². The van der Waals surface area contributed by atoms with Gasteiger partial charge in [-0.15, -0.1) is 0 Å². The maximum absolute atomic E-state index is 12.3. The summed E-state index contributed by atoms with van der Waals surface area (Å²) in [7, 11) is 1.63. The number of methoxy groups -OCH3 is 1. The molecule has 1 amide bonds. The molecule has 0 heterocycles. The molecule has 1 atom stereocenters. The van der Waals surface area contributed by atoms with Crippen molar-refractivity contribution in [1.29, 1.82) is 0 Å². The van der Waals surface area contributed by atoms with Crippen LogP contribution in [0.3, 0.4) is 0 Å². The van der Waals surface area contributed by atoms with Gasteiger partial charge in [0, 0.05) is 12.1 Å². The minimum atomic E-state index is -0.112. The third-order valence-corrected chi connectivity index (χ3v) is 3.45. The first-order valence-electron chi connectivity index (χ1n) is 6.88. The topological polar surface area (TPSA) is 64.3 Å². The molecule has 0 aliphatic heterocycles. The van der Waals surface area contributed by atoms with E-state index in [1.165, 1.54) is 0 Å². The number of hydrogen-bond donors (Lipinski definition) is 2. The lowest BCUT2D eigenvalue weighted by molar-refractivity contribution is 0.0939. The quantitative estimate of drug-likeness (QED) is 0.887. The molecule has 1 unspecified atom stereocenters. The van der Waals surface area contributed by atoms with Crippen LogP contribution < -0.4 is 15.8 Å². The SMILES string of the molecule is COc1ccc(C(C)NC(=O)c2ccccc2CN)cc1. The van der Waals surface area contributed by atoms with Crippen molar-refractivity contribution in [3.8, 4) is 5.75 Å². The number of rotatable bonds is 5. The number of carbonyl (C=O) groups is 1. The predicted octanol–water partition coefficient (Wildman–Crippen LogP) is 2.64. The van der Waals surface area contributed by atoms with Crippen LogP contribution in [0.1, 0.15) is 34.5 Å².